The maximum atomic E-state index is 9.87. The highest BCUT2D eigenvalue weighted by Gasteiger charge is 2.41. The van der Waals surface area contributed by atoms with Crippen LogP contribution in [-0.4, -0.2) is 28.3 Å². The molecule has 2 atom stereocenters. The van der Waals surface area contributed by atoms with Gasteiger partial charge < -0.3 is 10.0 Å². The zero-order valence-corrected chi connectivity index (χ0v) is 12.0. The molecule has 2 aliphatic rings. The topological polar surface area (TPSA) is 36.4 Å². The summed E-state index contributed by atoms with van der Waals surface area (Å²) in [4.78, 5) is 7.16. The number of hydrogen-bond acceptors (Lipinski definition) is 4. The third-order valence-electron chi connectivity index (χ3n) is 4.29. The first kappa shape index (κ1) is 11.9. The highest BCUT2D eigenvalue weighted by atomic mass is 35.5. The molecule has 1 aromatic carbocycles. The van der Waals surface area contributed by atoms with Gasteiger partial charge in [-0.3, -0.25) is 0 Å². The van der Waals surface area contributed by atoms with Crippen LogP contribution in [0.25, 0.3) is 10.2 Å². The number of anilines is 1. The molecule has 2 unspecified atom stereocenters. The fourth-order valence-corrected chi connectivity index (χ4v) is 4.88. The lowest BCUT2D eigenvalue weighted by molar-refractivity contribution is 0.126. The monoisotopic (exact) mass is 294 g/mol. The predicted molar refractivity (Wildman–Crippen MR) is 79.2 cm³/mol. The third kappa shape index (κ3) is 1.85. The number of aliphatic hydroxyl groups is 1. The van der Waals surface area contributed by atoms with Crippen molar-refractivity contribution < 1.29 is 5.11 Å². The zero-order valence-electron chi connectivity index (χ0n) is 10.4. The van der Waals surface area contributed by atoms with E-state index in [1.54, 1.807) is 11.3 Å². The minimum atomic E-state index is -0.133. The number of para-hydroxylation sites is 1. The minimum Gasteiger partial charge on any atom is -0.393 e. The Hall–Kier alpha value is -0.840. The number of thiazole rings is 1. The standard InChI is InChI=1S/C14H15ClN2OS/c15-11-2-1-3-12-13(11)16-14(19-12)17-8-4-5-9(17)7-10(18)6-8/h1-3,8-10,18H,4-7H2. The van der Waals surface area contributed by atoms with Gasteiger partial charge in [0.2, 0.25) is 0 Å². The third-order valence-corrected chi connectivity index (χ3v) is 5.63. The smallest absolute Gasteiger partial charge is 0.186 e. The molecule has 2 fully saturated rings. The van der Waals surface area contributed by atoms with Crippen molar-refractivity contribution in [2.24, 2.45) is 0 Å². The highest BCUT2D eigenvalue weighted by Crippen LogP contribution is 2.42. The number of rotatable bonds is 1. The highest BCUT2D eigenvalue weighted by molar-refractivity contribution is 7.22. The normalized spacial score (nSPS) is 30.2. The van der Waals surface area contributed by atoms with E-state index in [4.69, 9.17) is 16.6 Å². The first-order valence-corrected chi connectivity index (χ1v) is 7.93. The van der Waals surface area contributed by atoms with Crippen LogP contribution in [0.2, 0.25) is 5.02 Å². The first-order chi connectivity index (χ1) is 9.22. The van der Waals surface area contributed by atoms with Crippen LogP contribution in [0.3, 0.4) is 0 Å². The zero-order chi connectivity index (χ0) is 13.0. The van der Waals surface area contributed by atoms with Crippen LogP contribution >= 0.6 is 22.9 Å². The molecule has 19 heavy (non-hydrogen) atoms. The number of aliphatic hydroxyl groups excluding tert-OH is 1. The fraction of sp³-hybridized carbons (Fsp3) is 0.500. The Bertz CT molecular complexity index is 615. The second-order valence-corrected chi connectivity index (χ2v) is 6.92. The van der Waals surface area contributed by atoms with Gasteiger partial charge in [0.05, 0.1) is 15.8 Å². The van der Waals surface area contributed by atoms with Crippen molar-refractivity contribution in [3.05, 3.63) is 23.2 Å². The molecule has 0 saturated carbocycles. The van der Waals surface area contributed by atoms with Gasteiger partial charge in [0.15, 0.2) is 5.13 Å². The Morgan fingerprint density at radius 2 is 2.00 bits per heavy atom. The van der Waals surface area contributed by atoms with E-state index in [0.29, 0.717) is 12.1 Å². The summed E-state index contributed by atoms with van der Waals surface area (Å²) < 4.78 is 1.15. The van der Waals surface area contributed by atoms with E-state index in [1.807, 2.05) is 12.1 Å². The summed E-state index contributed by atoms with van der Waals surface area (Å²) in [6, 6.07) is 6.84. The molecule has 0 amide bonds. The molecule has 5 heteroatoms. The van der Waals surface area contributed by atoms with Crippen LogP contribution in [0.15, 0.2) is 18.2 Å². The summed E-state index contributed by atoms with van der Waals surface area (Å²) in [5.74, 6) is 0. The second-order valence-electron chi connectivity index (χ2n) is 5.50. The Morgan fingerprint density at radius 1 is 1.26 bits per heavy atom. The lowest BCUT2D eigenvalue weighted by atomic mass is 10.0. The SMILES string of the molecule is OC1CC2CCC(C1)N2c1nc2c(Cl)cccc2s1. The molecule has 1 N–H and O–H groups in total. The van der Waals surface area contributed by atoms with Crippen LogP contribution in [0.4, 0.5) is 5.13 Å². The number of benzene rings is 1. The predicted octanol–water partition coefficient (Wildman–Crippen LogP) is 3.44. The molecule has 0 radical (unpaired) electrons. The Morgan fingerprint density at radius 3 is 2.68 bits per heavy atom. The van der Waals surface area contributed by atoms with Crippen molar-refractivity contribution in [2.45, 2.75) is 43.9 Å². The molecule has 0 spiro atoms. The average Bonchev–Trinajstić information content (AvgIpc) is 2.90. The van der Waals surface area contributed by atoms with Gasteiger partial charge in [0.25, 0.3) is 0 Å². The average molecular weight is 295 g/mol. The van der Waals surface area contributed by atoms with Crippen molar-refractivity contribution in [1.29, 1.82) is 0 Å². The summed E-state index contributed by atoms with van der Waals surface area (Å²) in [6.07, 6.45) is 3.96. The quantitative estimate of drug-likeness (QED) is 0.875. The number of nitrogens with zero attached hydrogens (tertiary/aromatic N) is 2. The molecular formula is C14H15ClN2OS. The molecule has 100 valence electrons. The summed E-state index contributed by atoms with van der Waals surface area (Å²) in [5.41, 5.74) is 0.912. The molecule has 2 bridgehead atoms. The van der Waals surface area contributed by atoms with Crippen LogP contribution in [0.1, 0.15) is 25.7 Å². The molecule has 2 saturated heterocycles. The number of aromatic nitrogens is 1. The molecular weight excluding hydrogens is 280 g/mol. The molecule has 2 aliphatic heterocycles. The maximum Gasteiger partial charge on any atom is 0.186 e. The van der Waals surface area contributed by atoms with E-state index < -0.39 is 0 Å². The number of hydrogen-bond donors (Lipinski definition) is 1. The van der Waals surface area contributed by atoms with Crippen LogP contribution < -0.4 is 4.90 Å². The largest absolute Gasteiger partial charge is 0.393 e. The summed E-state index contributed by atoms with van der Waals surface area (Å²) >= 11 is 7.92. The Labute approximate surface area is 120 Å². The summed E-state index contributed by atoms with van der Waals surface area (Å²) in [7, 11) is 0. The molecule has 0 aliphatic carbocycles. The van der Waals surface area contributed by atoms with Gasteiger partial charge in [-0.2, -0.15) is 0 Å². The van der Waals surface area contributed by atoms with Gasteiger partial charge >= 0.3 is 0 Å². The lowest BCUT2D eigenvalue weighted by Crippen LogP contribution is -2.44. The van der Waals surface area contributed by atoms with Crippen LogP contribution in [-0.2, 0) is 0 Å². The number of fused-ring (bicyclic) bond motifs is 3. The van der Waals surface area contributed by atoms with Crippen molar-refractivity contribution >= 4 is 38.3 Å². The number of piperidine rings is 1. The fourth-order valence-electron chi connectivity index (χ4n) is 3.47. The molecule has 3 heterocycles. The van der Waals surface area contributed by atoms with Gasteiger partial charge in [-0.15, -0.1) is 0 Å². The molecule has 1 aromatic heterocycles. The van der Waals surface area contributed by atoms with Crippen molar-refractivity contribution in [3.63, 3.8) is 0 Å². The van der Waals surface area contributed by atoms with E-state index in [-0.39, 0.29) is 6.10 Å². The lowest BCUT2D eigenvalue weighted by Gasteiger charge is -2.36. The van der Waals surface area contributed by atoms with Crippen molar-refractivity contribution in [1.82, 2.24) is 4.98 Å². The molecule has 4 rings (SSSR count). The summed E-state index contributed by atoms with van der Waals surface area (Å²) in [5, 5.41) is 11.7. The van der Waals surface area contributed by atoms with Gasteiger partial charge in [0, 0.05) is 12.1 Å². The van der Waals surface area contributed by atoms with Crippen molar-refractivity contribution in [2.75, 3.05) is 4.90 Å². The summed E-state index contributed by atoms with van der Waals surface area (Å²) in [6.45, 7) is 0. The van der Waals surface area contributed by atoms with Gasteiger partial charge in [-0.05, 0) is 37.8 Å². The van der Waals surface area contributed by atoms with Gasteiger partial charge in [-0.25, -0.2) is 4.98 Å². The van der Waals surface area contributed by atoms with Crippen LogP contribution in [0.5, 0.6) is 0 Å². The van der Waals surface area contributed by atoms with E-state index in [1.165, 1.54) is 12.8 Å². The Kier molecular flexibility index (Phi) is 2.72. The second kappa shape index (κ2) is 4.33. The molecule has 3 nitrogen and oxygen atoms in total. The number of halogens is 1. The van der Waals surface area contributed by atoms with Gasteiger partial charge in [0.1, 0.15) is 5.52 Å². The van der Waals surface area contributed by atoms with Crippen molar-refractivity contribution in [3.8, 4) is 0 Å². The first-order valence-electron chi connectivity index (χ1n) is 6.74. The van der Waals surface area contributed by atoms with E-state index in [9.17, 15) is 5.11 Å². The Balaban J connectivity index is 1.77. The van der Waals surface area contributed by atoms with E-state index in [0.717, 1.165) is 33.2 Å². The van der Waals surface area contributed by atoms with E-state index in [2.05, 4.69) is 11.0 Å². The van der Waals surface area contributed by atoms with Crippen LogP contribution in [0, 0.1) is 0 Å². The molecule has 2 aromatic rings. The van der Waals surface area contributed by atoms with E-state index >= 15 is 0 Å². The van der Waals surface area contributed by atoms with Gasteiger partial charge in [-0.1, -0.05) is 29.0 Å². The minimum absolute atomic E-state index is 0.133. The maximum absolute atomic E-state index is 9.87.